The normalized spacial score (nSPS) is 10.4. The smallest absolute Gasteiger partial charge is 0.261 e. The molecule has 0 unspecified atom stereocenters. The van der Waals surface area contributed by atoms with Crippen LogP contribution in [0.2, 0.25) is 0 Å². The molecule has 0 aliphatic heterocycles. The summed E-state index contributed by atoms with van der Waals surface area (Å²) in [6.07, 6.45) is 1.09. The topological polar surface area (TPSA) is 65.4 Å². The minimum atomic E-state index is -0.332. The second-order valence-electron chi connectivity index (χ2n) is 7.24. The van der Waals surface area contributed by atoms with Crippen LogP contribution in [0.3, 0.4) is 0 Å². The van der Waals surface area contributed by atoms with Crippen molar-refractivity contribution in [2.45, 2.75) is 26.7 Å². The first-order chi connectivity index (χ1) is 14.4. The summed E-state index contributed by atoms with van der Waals surface area (Å²) < 4.78 is 6.58. The Morgan fingerprint density at radius 3 is 2.63 bits per heavy atom. The van der Waals surface area contributed by atoms with Crippen LogP contribution in [-0.4, -0.2) is 35.6 Å². The lowest BCUT2D eigenvalue weighted by molar-refractivity contribution is 0.0968. The molecular weight excluding hydrogens is 462 g/mol. The Labute approximate surface area is 192 Å². The van der Waals surface area contributed by atoms with Crippen molar-refractivity contribution in [1.82, 2.24) is 10.2 Å². The fourth-order valence-corrected chi connectivity index (χ4v) is 3.35. The first-order valence-corrected chi connectivity index (χ1v) is 11.0. The summed E-state index contributed by atoms with van der Waals surface area (Å²) in [5.41, 5.74) is 1.58. The number of nitrogens with zero attached hydrogens (tertiary/aromatic N) is 2. The molecule has 1 amide bonds. The van der Waals surface area contributed by atoms with E-state index < -0.39 is 0 Å². The fraction of sp³-hybridized carbons (Fsp3) is 0.348. The number of nitriles is 1. The molecule has 30 heavy (non-hydrogen) atoms. The molecule has 2 aromatic rings. The number of halogens is 1. The Hall–Kier alpha value is -2.43. The van der Waals surface area contributed by atoms with Gasteiger partial charge in [-0.15, -0.1) is 0 Å². The van der Waals surface area contributed by atoms with Crippen LogP contribution in [0.5, 0.6) is 5.75 Å². The van der Waals surface area contributed by atoms with Gasteiger partial charge in [-0.05, 0) is 48.3 Å². The molecule has 5 nitrogen and oxygen atoms in total. The van der Waals surface area contributed by atoms with Gasteiger partial charge in [-0.25, -0.2) is 0 Å². The number of carbonyl (C=O) groups is 1. The minimum Gasteiger partial charge on any atom is -0.492 e. The van der Waals surface area contributed by atoms with Crippen LogP contribution in [0.15, 0.2) is 53.0 Å². The van der Waals surface area contributed by atoms with E-state index in [2.05, 4.69) is 27.3 Å². The molecule has 0 aromatic heterocycles. The lowest BCUT2D eigenvalue weighted by Crippen LogP contribution is -2.44. The van der Waals surface area contributed by atoms with Crippen molar-refractivity contribution in [2.24, 2.45) is 5.92 Å². The SMILES string of the molecule is CC(C)COc1ccc(Br)cc1C(=O)NC(=S)N(CCC#N)CCc1ccccc1. The predicted molar refractivity (Wildman–Crippen MR) is 126 cm³/mol. The van der Waals surface area contributed by atoms with Gasteiger partial charge < -0.3 is 9.64 Å². The molecule has 7 heteroatoms. The van der Waals surface area contributed by atoms with Crippen molar-refractivity contribution >= 4 is 39.2 Å². The first-order valence-electron chi connectivity index (χ1n) is 9.84. The maximum Gasteiger partial charge on any atom is 0.261 e. The van der Waals surface area contributed by atoms with E-state index in [0.717, 1.165) is 10.9 Å². The average molecular weight is 488 g/mol. The number of carbonyl (C=O) groups excluding carboxylic acids is 1. The Kier molecular flexibility index (Phi) is 9.78. The van der Waals surface area contributed by atoms with Crippen molar-refractivity contribution < 1.29 is 9.53 Å². The fourth-order valence-electron chi connectivity index (χ4n) is 2.71. The predicted octanol–water partition coefficient (Wildman–Crippen LogP) is 4.96. The molecule has 0 atom stereocenters. The molecule has 0 aliphatic rings. The molecule has 0 fully saturated rings. The number of ether oxygens (including phenoxy) is 1. The van der Waals surface area contributed by atoms with Gasteiger partial charge in [-0.3, -0.25) is 10.1 Å². The van der Waals surface area contributed by atoms with Crippen molar-refractivity contribution in [1.29, 1.82) is 5.26 Å². The number of amides is 1. The summed E-state index contributed by atoms with van der Waals surface area (Å²) in [4.78, 5) is 14.8. The van der Waals surface area contributed by atoms with Gasteiger partial charge in [0.2, 0.25) is 0 Å². The number of benzene rings is 2. The molecule has 0 saturated heterocycles. The van der Waals surface area contributed by atoms with Crippen molar-refractivity contribution in [3.8, 4) is 11.8 Å². The van der Waals surface area contributed by atoms with Gasteiger partial charge in [-0.2, -0.15) is 5.26 Å². The molecule has 0 heterocycles. The van der Waals surface area contributed by atoms with E-state index in [9.17, 15) is 4.79 Å². The minimum absolute atomic E-state index is 0.306. The van der Waals surface area contributed by atoms with E-state index in [1.165, 1.54) is 5.56 Å². The highest BCUT2D eigenvalue weighted by molar-refractivity contribution is 9.10. The standard InChI is InChI=1S/C23H26BrN3O2S/c1-17(2)16-29-21-10-9-19(24)15-20(21)22(28)26-23(30)27(13-6-12-25)14-11-18-7-4-3-5-8-18/h3-5,7-10,15,17H,6,11,13-14,16H2,1-2H3,(H,26,28,30). The van der Waals surface area contributed by atoms with Crippen LogP contribution in [0.1, 0.15) is 36.2 Å². The molecule has 0 radical (unpaired) electrons. The second-order valence-corrected chi connectivity index (χ2v) is 8.54. The third-order valence-electron chi connectivity index (χ3n) is 4.27. The van der Waals surface area contributed by atoms with Gasteiger partial charge in [0.1, 0.15) is 5.75 Å². The molecule has 0 aliphatic carbocycles. The van der Waals surface area contributed by atoms with E-state index in [-0.39, 0.29) is 5.91 Å². The molecule has 1 N–H and O–H groups in total. The van der Waals surface area contributed by atoms with E-state index in [4.69, 9.17) is 22.2 Å². The zero-order chi connectivity index (χ0) is 21.9. The van der Waals surface area contributed by atoms with E-state index in [1.807, 2.05) is 55.1 Å². The van der Waals surface area contributed by atoms with Crippen LogP contribution >= 0.6 is 28.1 Å². The van der Waals surface area contributed by atoms with Crippen molar-refractivity contribution in [3.63, 3.8) is 0 Å². The maximum absolute atomic E-state index is 12.9. The highest BCUT2D eigenvalue weighted by Gasteiger charge is 2.18. The Morgan fingerprint density at radius 2 is 1.97 bits per heavy atom. The van der Waals surface area contributed by atoms with Gasteiger partial charge in [0, 0.05) is 17.6 Å². The highest BCUT2D eigenvalue weighted by Crippen LogP contribution is 2.24. The summed E-state index contributed by atoms with van der Waals surface area (Å²) in [5.74, 6) is 0.520. The zero-order valence-electron chi connectivity index (χ0n) is 17.2. The van der Waals surface area contributed by atoms with Gasteiger partial charge >= 0.3 is 0 Å². The third kappa shape index (κ3) is 7.77. The van der Waals surface area contributed by atoms with Crippen LogP contribution in [0.25, 0.3) is 0 Å². The summed E-state index contributed by atoms with van der Waals surface area (Å²) in [7, 11) is 0. The molecule has 2 aromatic carbocycles. The van der Waals surface area contributed by atoms with Crippen molar-refractivity contribution in [3.05, 3.63) is 64.1 Å². The number of hydrogen-bond donors (Lipinski definition) is 1. The lowest BCUT2D eigenvalue weighted by atomic mass is 10.1. The number of rotatable bonds is 9. The first kappa shape index (κ1) is 23.8. The maximum atomic E-state index is 12.9. The van der Waals surface area contributed by atoms with Gasteiger partial charge in [-0.1, -0.05) is 60.1 Å². The van der Waals surface area contributed by atoms with E-state index in [0.29, 0.717) is 48.5 Å². The van der Waals surface area contributed by atoms with E-state index in [1.54, 1.807) is 12.1 Å². The Morgan fingerprint density at radius 1 is 1.23 bits per heavy atom. The monoisotopic (exact) mass is 487 g/mol. The summed E-state index contributed by atoms with van der Waals surface area (Å²) >= 11 is 8.90. The second kappa shape index (κ2) is 12.3. The average Bonchev–Trinajstić information content (AvgIpc) is 2.73. The lowest BCUT2D eigenvalue weighted by Gasteiger charge is -2.25. The number of nitrogens with one attached hydrogen (secondary N) is 1. The molecule has 0 saturated carbocycles. The van der Waals surface area contributed by atoms with Crippen LogP contribution in [-0.2, 0) is 6.42 Å². The summed E-state index contributed by atoms with van der Waals surface area (Å²) in [6, 6.07) is 17.5. The number of thiocarbonyl (C=S) groups is 1. The van der Waals surface area contributed by atoms with Gasteiger partial charge in [0.25, 0.3) is 5.91 Å². The quantitative estimate of drug-likeness (QED) is 0.506. The summed E-state index contributed by atoms with van der Waals surface area (Å²) in [6.45, 7) is 5.68. The Balaban J connectivity index is 2.09. The van der Waals surface area contributed by atoms with Gasteiger partial charge in [0.05, 0.1) is 24.7 Å². The molecule has 0 bridgehead atoms. The van der Waals surface area contributed by atoms with Crippen LogP contribution in [0, 0.1) is 17.2 Å². The molecule has 158 valence electrons. The highest BCUT2D eigenvalue weighted by atomic mass is 79.9. The molecule has 2 rings (SSSR count). The van der Waals surface area contributed by atoms with E-state index >= 15 is 0 Å². The van der Waals surface area contributed by atoms with Gasteiger partial charge in [0.15, 0.2) is 5.11 Å². The molecular formula is C23H26BrN3O2S. The molecule has 0 spiro atoms. The summed E-state index contributed by atoms with van der Waals surface area (Å²) in [5, 5.41) is 12.1. The largest absolute Gasteiger partial charge is 0.492 e. The zero-order valence-corrected chi connectivity index (χ0v) is 19.6. The van der Waals surface area contributed by atoms with Crippen LogP contribution in [0.4, 0.5) is 0 Å². The Bertz CT molecular complexity index is 897. The van der Waals surface area contributed by atoms with Crippen molar-refractivity contribution in [2.75, 3.05) is 19.7 Å². The number of hydrogen-bond acceptors (Lipinski definition) is 4. The third-order valence-corrected chi connectivity index (χ3v) is 5.13. The van der Waals surface area contributed by atoms with Crippen LogP contribution < -0.4 is 10.1 Å².